The molecule has 0 unspecified atom stereocenters. The Bertz CT molecular complexity index is 1370. The summed E-state index contributed by atoms with van der Waals surface area (Å²) in [7, 11) is 0. The van der Waals surface area contributed by atoms with E-state index in [-0.39, 0.29) is 11.9 Å². The Labute approximate surface area is 238 Å². The van der Waals surface area contributed by atoms with Gasteiger partial charge in [-0.1, -0.05) is 115 Å². The molecule has 0 bridgehead atoms. The summed E-state index contributed by atoms with van der Waals surface area (Å²) in [5.41, 5.74) is 6.55. The first-order chi connectivity index (χ1) is 19.7. The summed E-state index contributed by atoms with van der Waals surface area (Å²) in [4.78, 5) is 16.8. The van der Waals surface area contributed by atoms with E-state index in [0.717, 1.165) is 61.2 Å². The van der Waals surface area contributed by atoms with E-state index in [1.807, 2.05) is 18.2 Å². The van der Waals surface area contributed by atoms with Gasteiger partial charge in [-0.25, -0.2) is 0 Å². The molecule has 6 rings (SSSR count). The van der Waals surface area contributed by atoms with Crippen molar-refractivity contribution in [3.8, 4) is 11.1 Å². The molecule has 0 saturated carbocycles. The van der Waals surface area contributed by atoms with E-state index >= 15 is 0 Å². The fourth-order valence-corrected chi connectivity index (χ4v) is 6.92. The Morgan fingerprint density at radius 1 is 0.800 bits per heavy atom. The first-order valence-corrected chi connectivity index (χ1v) is 14.6. The minimum Gasteiger partial charge on any atom is -0.352 e. The van der Waals surface area contributed by atoms with Crippen LogP contribution in [0.5, 0.6) is 0 Å². The van der Waals surface area contributed by atoms with Crippen LogP contribution in [0, 0.1) is 0 Å². The number of nitrogens with zero attached hydrogens (tertiary/aromatic N) is 1. The van der Waals surface area contributed by atoms with Crippen molar-refractivity contribution in [2.45, 2.75) is 43.1 Å². The zero-order valence-electron chi connectivity index (χ0n) is 23.1. The number of hydrogen-bond donors (Lipinski definition) is 1. The van der Waals surface area contributed by atoms with Crippen molar-refractivity contribution >= 4 is 5.91 Å². The van der Waals surface area contributed by atoms with Crippen LogP contribution in [0.2, 0.25) is 0 Å². The van der Waals surface area contributed by atoms with Crippen molar-refractivity contribution in [3.63, 3.8) is 0 Å². The second-order valence-corrected chi connectivity index (χ2v) is 11.2. The third kappa shape index (κ3) is 4.91. The van der Waals surface area contributed by atoms with Gasteiger partial charge in [0.1, 0.15) is 5.41 Å². The lowest BCUT2D eigenvalue weighted by atomic mass is 9.74. The molecule has 1 aliphatic carbocycles. The third-order valence-electron chi connectivity index (χ3n) is 8.96. The van der Waals surface area contributed by atoms with Gasteiger partial charge < -0.3 is 10.2 Å². The molecule has 0 aromatic heterocycles. The van der Waals surface area contributed by atoms with E-state index < -0.39 is 5.41 Å². The molecule has 202 valence electrons. The van der Waals surface area contributed by atoms with Crippen LogP contribution in [0.15, 0.2) is 122 Å². The number of amides is 1. The maximum Gasteiger partial charge on any atom is 0.235 e. The zero-order chi connectivity index (χ0) is 27.4. The van der Waals surface area contributed by atoms with Crippen molar-refractivity contribution in [2.75, 3.05) is 19.6 Å². The number of carbonyl (C=O) groups is 1. The van der Waals surface area contributed by atoms with E-state index in [1.54, 1.807) is 0 Å². The van der Waals surface area contributed by atoms with Gasteiger partial charge in [0.15, 0.2) is 0 Å². The number of allylic oxidation sites excluding steroid dienone is 1. The minimum atomic E-state index is -0.718. The van der Waals surface area contributed by atoms with Crippen LogP contribution in [0.25, 0.3) is 11.1 Å². The number of piperidine rings is 1. The molecule has 3 nitrogen and oxygen atoms in total. The summed E-state index contributed by atoms with van der Waals surface area (Å²) in [6.45, 7) is 7.10. The van der Waals surface area contributed by atoms with Gasteiger partial charge in [-0.2, -0.15) is 0 Å². The number of hydrogen-bond acceptors (Lipinski definition) is 2. The van der Waals surface area contributed by atoms with Gasteiger partial charge in [0, 0.05) is 25.0 Å². The highest BCUT2D eigenvalue weighted by atomic mass is 16.2. The Morgan fingerprint density at radius 2 is 1.30 bits per heavy atom. The van der Waals surface area contributed by atoms with E-state index in [9.17, 15) is 4.79 Å². The van der Waals surface area contributed by atoms with Crippen LogP contribution in [-0.2, 0) is 10.2 Å². The normalized spacial score (nSPS) is 16.3. The van der Waals surface area contributed by atoms with Crippen LogP contribution in [0.4, 0.5) is 0 Å². The van der Waals surface area contributed by atoms with Gasteiger partial charge in [0.2, 0.25) is 5.91 Å². The van der Waals surface area contributed by atoms with E-state index in [2.05, 4.69) is 114 Å². The molecule has 1 aliphatic heterocycles. The lowest BCUT2D eigenvalue weighted by Crippen LogP contribution is -2.51. The van der Waals surface area contributed by atoms with Gasteiger partial charge >= 0.3 is 0 Å². The number of nitrogens with one attached hydrogen (secondary N) is 1. The molecule has 1 amide bonds. The van der Waals surface area contributed by atoms with Crippen molar-refractivity contribution < 1.29 is 4.79 Å². The molecule has 0 spiro atoms. The second-order valence-electron chi connectivity index (χ2n) is 11.2. The molecular weight excluding hydrogens is 488 g/mol. The van der Waals surface area contributed by atoms with E-state index in [1.165, 1.54) is 11.1 Å². The van der Waals surface area contributed by atoms with Crippen LogP contribution in [0.3, 0.4) is 0 Å². The SMILES string of the molecule is C=CCC1(C(=O)NC2CCN(CCC(c3ccccc3)c3ccccc3)CC2)c2ccccc2-c2ccccc21. The highest BCUT2D eigenvalue weighted by Gasteiger charge is 2.48. The summed E-state index contributed by atoms with van der Waals surface area (Å²) < 4.78 is 0. The van der Waals surface area contributed by atoms with Crippen molar-refractivity contribution in [1.82, 2.24) is 10.2 Å². The molecule has 3 heteroatoms. The average molecular weight is 527 g/mol. The molecule has 40 heavy (non-hydrogen) atoms. The number of carbonyl (C=O) groups excluding carboxylic acids is 1. The molecule has 0 atom stereocenters. The molecule has 0 radical (unpaired) electrons. The van der Waals surface area contributed by atoms with Gasteiger partial charge in [0.25, 0.3) is 0 Å². The highest BCUT2D eigenvalue weighted by Crippen LogP contribution is 2.51. The fourth-order valence-electron chi connectivity index (χ4n) is 6.92. The van der Waals surface area contributed by atoms with Crippen molar-refractivity contribution in [2.24, 2.45) is 0 Å². The topological polar surface area (TPSA) is 32.3 Å². The smallest absolute Gasteiger partial charge is 0.235 e. The Hall–Kier alpha value is -3.95. The summed E-state index contributed by atoms with van der Waals surface area (Å²) in [6, 6.07) is 38.7. The molecule has 1 saturated heterocycles. The monoisotopic (exact) mass is 526 g/mol. The maximum atomic E-state index is 14.2. The van der Waals surface area contributed by atoms with Crippen molar-refractivity contribution in [1.29, 1.82) is 0 Å². The van der Waals surface area contributed by atoms with Crippen LogP contribution >= 0.6 is 0 Å². The molecular formula is C37H38N2O. The second kappa shape index (κ2) is 11.7. The van der Waals surface area contributed by atoms with Gasteiger partial charge in [-0.3, -0.25) is 4.79 Å². The number of rotatable bonds is 9. The first kappa shape index (κ1) is 26.3. The zero-order valence-corrected chi connectivity index (χ0v) is 23.1. The molecule has 1 heterocycles. The quantitative estimate of drug-likeness (QED) is 0.232. The standard InChI is InChI=1S/C37H38N2O/c1-2-24-37(34-19-11-9-17-32(34)33-18-10-12-20-35(33)37)36(40)38-30-21-25-39(26-22-30)27-23-31(28-13-5-3-6-14-28)29-15-7-4-8-16-29/h2-20,30-31H,1,21-27H2,(H,38,40). The molecule has 1 N–H and O–H groups in total. The number of fused-ring (bicyclic) bond motifs is 3. The largest absolute Gasteiger partial charge is 0.352 e. The van der Waals surface area contributed by atoms with Gasteiger partial charge in [0.05, 0.1) is 0 Å². The van der Waals surface area contributed by atoms with Crippen LogP contribution < -0.4 is 5.32 Å². The van der Waals surface area contributed by atoms with Crippen LogP contribution in [-0.4, -0.2) is 36.5 Å². The number of likely N-dealkylation sites (tertiary alicyclic amines) is 1. The van der Waals surface area contributed by atoms with Gasteiger partial charge in [-0.05, 0) is 65.6 Å². The lowest BCUT2D eigenvalue weighted by molar-refractivity contribution is -0.126. The number of benzene rings is 4. The predicted molar refractivity (Wildman–Crippen MR) is 164 cm³/mol. The van der Waals surface area contributed by atoms with Gasteiger partial charge in [-0.15, -0.1) is 6.58 Å². The van der Waals surface area contributed by atoms with E-state index in [4.69, 9.17) is 0 Å². The van der Waals surface area contributed by atoms with Crippen molar-refractivity contribution in [3.05, 3.63) is 144 Å². The first-order valence-electron chi connectivity index (χ1n) is 14.6. The summed E-state index contributed by atoms with van der Waals surface area (Å²) >= 11 is 0. The molecule has 4 aromatic rings. The average Bonchev–Trinajstić information content (AvgIpc) is 3.30. The predicted octanol–water partition coefficient (Wildman–Crippen LogP) is 7.33. The molecule has 1 fully saturated rings. The third-order valence-corrected chi connectivity index (χ3v) is 8.96. The highest BCUT2D eigenvalue weighted by molar-refractivity contribution is 6.00. The summed E-state index contributed by atoms with van der Waals surface area (Å²) in [6.07, 6.45) is 5.52. The summed E-state index contributed by atoms with van der Waals surface area (Å²) in [5, 5.41) is 3.49. The fraction of sp³-hybridized carbons (Fsp3) is 0.270. The van der Waals surface area contributed by atoms with E-state index in [0.29, 0.717) is 12.3 Å². The Kier molecular flexibility index (Phi) is 7.66. The molecule has 2 aliphatic rings. The lowest BCUT2D eigenvalue weighted by Gasteiger charge is -2.36. The minimum absolute atomic E-state index is 0.108. The molecule has 4 aromatic carbocycles. The maximum absolute atomic E-state index is 14.2. The Morgan fingerprint density at radius 3 is 1.82 bits per heavy atom. The van der Waals surface area contributed by atoms with Crippen LogP contribution in [0.1, 0.15) is 53.9 Å². The summed E-state index contributed by atoms with van der Waals surface area (Å²) in [5.74, 6) is 0.498. The Balaban J connectivity index is 1.13.